The molecular weight excluding hydrogens is 280 g/mol. The van der Waals surface area contributed by atoms with Crippen molar-refractivity contribution in [2.75, 3.05) is 18.0 Å². The smallest absolute Gasteiger partial charge is 0.252 e. The van der Waals surface area contributed by atoms with Crippen LogP contribution in [0.5, 0.6) is 0 Å². The number of anilines is 1. The first kappa shape index (κ1) is 14.4. The van der Waals surface area contributed by atoms with Gasteiger partial charge in [-0.1, -0.05) is 0 Å². The minimum atomic E-state index is -0.494. The van der Waals surface area contributed by atoms with E-state index < -0.39 is 5.91 Å². The molecule has 0 bridgehead atoms. The number of carbonyl (C=O) groups excluding carboxylic acids is 1. The predicted octanol–water partition coefficient (Wildman–Crippen LogP) is 1.06. The van der Waals surface area contributed by atoms with Crippen molar-refractivity contribution < 1.29 is 4.79 Å². The second-order valence-corrected chi connectivity index (χ2v) is 5.43. The van der Waals surface area contributed by atoms with Crippen molar-refractivity contribution in [3.63, 3.8) is 0 Å². The number of aromatic nitrogens is 4. The third-order valence-electron chi connectivity index (χ3n) is 3.88. The zero-order valence-electron chi connectivity index (χ0n) is 12.4. The molecule has 2 aromatic heterocycles. The Bertz CT molecular complexity index is 675. The van der Waals surface area contributed by atoms with Gasteiger partial charge in [-0.15, -0.1) is 0 Å². The van der Waals surface area contributed by atoms with Crippen LogP contribution in [-0.4, -0.2) is 38.9 Å². The number of hydrogen-bond acceptors (Lipinski definition) is 6. The lowest BCUT2D eigenvalue weighted by Gasteiger charge is -2.32. The summed E-state index contributed by atoms with van der Waals surface area (Å²) in [4.78, 5) is 30.8. The molecule has 1 aliphatic heterocycles. The molecule has 3 heterocycles. The number of amides is 1. The number of hydrogen-bond donors (Lipinski definition) is 1. The number of rotatable bonds is 3. The van der Waals surface area contributed by atoms with E-state index in [-0.39, 0.29) is 5.92 Å². The Morgan fingerprint density at radius 1 is 1.32 bits per heavy atom. The molecule has 7 nitrogen and oxygen atoms in total. The van der Waals surface area contributed by atoms with E-state index in [0.717, 1.165) is 37.7 Å². The molecule has 1 aliphatic rings. The van der Waals surface area contributed by atoms with Crippen LogP contribution in [0.3, 0.4) is 0 Å². The second kappa shape index (κ2) is 6.05. The van der Waals surface area contributed by atoms with Gasteiger partial charge in [0.15, 0.2) is 0 Å². The summed E-state index contributed by atoms with van der Waals surface area (Å²) in [6.45, 7) is 3.49. The van der Waals surface area contributed by atoms with Gasteiger partial charge in [0.1, 0.15) is 5.82 Å². The first-order chi connectivity index (χ1) is 10.6. The first-order valence-corrected chi connectivity index (χ1v) is 7.30. The Morgan fingerprint density at radius 2 is 2.09 bits per heavy atom. The Morgan fingerprint density at radius 3 is 2.77 bits per heavy atom. The molecule has 22 heavy (non-hydrogen) atoms. The quantitative estimate of drug-likeness (QED) is 0.909. The summed E-state index contributed by atoms with van der Waals surface area (Å²) in [5.41, 5.74) is 6.31. The van der Waals surface area contributed by atoms with Gasteiger partial charge in [0, 0.05) is 37.6 Å². The molecule has 1 amide bonds. The molecule has 1 atom stereocenters. The van der Waals surface area contributed by atoms with Crippen molar-refractivity contribution in [3.05, 3.63) is 41.7 Å². The summed E-state index contributed by atoms with van der Waals surface area (Å²) in [6, 6.07) is 1.81. The van der Waals surface area contributed by atoms with Gasteiger partial charge in [-0.05, 0) is 25.8 Å². The molecule has 0 spiro atoms. The molecule has 0 aromatic carbocycles. The van der Waals surface area contributed by atoms with Crippen molar-refractivity contribution in [2.45, 2.75) is 25.7 Å². The van der Waals surface area contributed by atoms with E-state index in [1.54, 1.807) is 25.4 Å². The Labute approximate surface area is 128 Å². The Kier molecular flexibility index (Phi) is 3.95. The molecule has 0 aliphatic carbocycles. The van der Waals surface area contributed by atoms with Gasteiger partial charge < -0.3 is 10.6 Å². The summed E-state index contributed by atoms with van der Waals surface area (Å²) in [7, 11) is 0. The fourth-order valence-electron chi connectivity index (χ4n) is 2.75. The number of carbonyl (C=O) groups is 1. The minimum Gasteiger partial charge on any atom is -0.365 e. The van der Waals surface area contributed by atoms with E-state index >= 15 is 0 Å². The van der Waals surface area contributed by atoms with Crippen LogP contribution < -0.4 is 10.6 Å². The molecule has 1 fully saturated rings. The number of piperidine rings is 1. The number of nitrogens with two attached hydrogens (primary N) is 1. The Balaban J connectivity index is 1.80. The average Bonchev–Trinajstić information content (AvgIpc) is 2.55. The van der Waals surface area contributed by atoms with Crippen LogP contribution in [0, 0.1) is 6.92 Å². The Hall–Kier alpha value is -2.57. The van der Waals surface area contributed by atoms with Gasteiger partial charge in [0.25, 0.3) is 5.91 Å². The van der Waals surface area contributed by atoms with Gasteiger partial charge in [-0.3, -0.25) is 4.79 Å². The zero-order valence-corrected chi connectivity index (χ0v) is 12.4. The molecular formula is C15H18N6O. The molecule has 1 unspecified atom stereocenters. The van der Waals surface area contributed by atoms with Crippen molar-refractivity contribution >= 4 is 11.9 Å². The van der Waals surface area contributed by atoms with Crippen LogP contribution in [0.15, 0.2) is 24.7 Å². The van der Waals surface area contributed by atoms with E-state index in [2.05, 4.69) is 24.8 Å². The van der Waals surface area contributed by atoms with Crippen LogP contribution in [-0.2, 0) is 0 Å². The fourth-order valence-corrected chi connectivity index (χ4v) is 2.75. The van der Waals surface area contributed by atoms with Crippen LogP contribution in [0.2, 0.25) is 0 Å². The summed E-state index contributed by atoms with van der Waals surface area (Å²) in [5, 5.41) is 0. The summed E-state index contributed by atoms with van der Waals surface area (Å²) < 4.78 is 0. The van der Waals surface area contributed by atoms with Gasteiger partial charge in [0.05, 0.1) is 11.3 Å². The topological polar surface area (TPSA) is 97.9 Å². The molecule has 7 heteroatoms. The third kappa shape index (κ3) is 2.88. The van der Waals surface area contributed by atoms with Crippen molar-refractivity contribution in [3.8, 4) is 0 Å². The lowest BCUT2D eigenvalue weighted by atomic mass is 9.97. The standard InChI is InChI=1S/C15H18N6O/c1-10-12(13(16)22)8-19-14(20-10)11-4-2-7-21(9-11)15-17-5-3-6-18-15/h3,5-6,8,11H,2,4,7,9H2,1H3,(H2,16,22). The molecule has 0 radical (unpaired) electrons. The SMILES string of the molecule is Cc1nc(C2CCCN(c3ncccn3)C2)ncc1C(N)=O. The van der Waals surface area contributed by atoms with Crippen LogP contribution in [0.1, 0.15) is 40.6 Å². The lowest BCUT2D eigenvalue weighted by molar-refractivity contribution is 0.0999. The normalized spacial score (nSPS) is 18.2. The highest BCUT2D eigenvalue weighted by molar-refractivity contribution is 5.93. The van der Waals surface area contributed by atoms with Gasteiger partial charge in [-0.2, -0.15) is 0 Å². The average molecular weight is 298 g/mol. The lowest BCUT2D eigenvalue weighted by Crippen LogP contribution is -2.36. The van der Waals surface area contributed by atoms with Crippen molar-refractivity contribution in [1.82, 2.24) is 19.9 Å². The summed E-state index contributed by atoms with van der Waals surface area (Å²) >= 11 is 0. The highest BCUT2D eigenvalue weighted by atomic mass is 16.1. The second-order valence-electron chi connectivity index (χ2n) is 5.43. The van der Waals surface area contributed by atoms with E-state index in [1.165, 1.54) is 6.20 Å². The van der Waals surface area contributed by atoms with E-state index in [4.69, 9.17) is 5.73 Å². The summed E-state index contributed by atoms with van der Waals surface area (Å²) in [6.07, 6.45) is 7.06. The van der Waals surface area contributed by atoms with Crippen LogP contribution in [0.25, 0.3) is 0 Å². The largest absolute Gasteiger partial charge is 0.365 e. The maximum absolute atomic E-state index is 11.3. The molecule has 114 valence electrons. The fraction of sp³-hybridized carbons (Fsp3) is 0.400. The van der Waals surface area contributed by atoms with E-state index in [1.807, 2.05) is 0 Å². The highest BCUT2D eigenvalue weighted by Gasteiger charge is 2.25. The van der Waals surface area contributed by atoms with Crippen LogP contribution >= 0.6 is 0 Å². The maximum atomic E-state index is 11.3. The first-order valence-electron chi connectivity index (χ1n) is 7.30. The van der Waals surface area contributed by atoms with Gasteiger partial charge in [0.2, 0.25) is 5.95 Å². The van der Waals surface area contributed by atoms with E-state index in [0.29, 0.717) is 11.3 Å². The van der Waals surface area contributed by atoms with Gasteiger partial charge in [-0.25, -0.2) is 19.9 Å². The van der Waals surface area contributed by atoms with Crippen molar-refractivity contribution in [2.24, 2.45) is 5.73 Å². The van der Waals surface area contributed by atoms with E-state index in [9.17, 15) is 4.79 Å². The molecule has 0 saturated carbocycles. The maximum Gasteiger partial charge on any atom is 0.252 e. The third-order valence-corrected chi connectivity index (χ3v) is 3.88. The monoisotopic (exact) mass is 298 g/mol. The zero-order chi connectivity index (χ0) is 15.5. The number of aryl methyl sites for hydroxylation is 1. The molecule has 1 saturated heterocycles. The molecule has 2 N–H and O–H groups in total. The summed E-state index contributed by atoms with van der Waals surface area (Å²) in [5.74, 6) is 1.20. The number of primary amides is 1. The minimum absolute atomic E-state index is 0.207. The molecule has 2 aromatic rings. The highest BCUT2D eigenvalue weighted by Crippen LogP contribution is 2.26. The molecule has 3 rings (SSSR count). The number of nitrogens with zero attached hydrogens (tertiary/aromatic N) is 5. The van der Waals surface area contributed by atoms with Crippen LogP contribution in [0.4, 0.5) is 5.95 Å². The van der Waals surface area contributed by atoms with Gasteiger partial charge >= 0.3 is 0 Å². The van der Waals surface area contributed by atoms with Crippen molar-refractivity contribution in [1.29, 1.82) is 0 Å². The predicted molar refractivity (Wildman–Crippen MR) is 81.5 cm³/mol.